The molecule has 0 bridgehead atoms. The van der Waals surface area contributed by atoms with Crippen LogP contribution in [0.15, 0.2) is 0 Å². The Morgan fingerprint density at radius 3 is 2.67 bits per heavy atom. The van der Waals surface area contributed by atoms with Crippen molar-refractivity contribution in [3.8, 4) is 0 Å². The number of aromatic amines is 1. The molecule has 2 amide bonds. The van der Waals surface area contributed by atoms with Crippen molar-refractivity contribution >= 4 is 17.7 Å². The highest BCUT2D eigenvalue weighted by Gasteiger charge is 2.18. The standard InChI is InChI=1S/C10H17N5O3/c1-5(2)7-6(11)8(15-14-7)9(16)13-3-4-18-10(12)17/h5H,3-4,11H2,1-2H3,(H2,12,17)(H,13,16)(H,14,15). The predicted octanol–water partition coefficient (Wildman–Crippen LogP) is -0.0596. The number of rotatable bonds is 5. The quantitative estimate of drug-likeness (QED) is 0.546. The number of carbonyl (C=O) groups is 2. The van der Waals surface area contributed by atoms with Crippen molar-refractivity contribution < 1.29 is 14.3 Å². The summed E-state index contributed by atoms with van der Waals surface area (Å²) in [5.74, 6) is -0.277. The number of ether oxygens (including phenoxy) is 1. The Balaban J connectivity index is 2.54. The van der Waals surface area contributed by atoms with Gasteiger partial charge < -0.3 is 21.5 Å². The lowest BCUT2D eigenvalue weighted by atomic mass is 10.1. The van der Waals surface area contributed by atoms with Crippen molar-refractivity contribution in [3.63, 3.8) is 0 Å². The summed E-state index contributed by atoms with van der Waals surface area (Å²) in [4.78, 5) is 22.0. The fourth-order valence-corrected chi connectivity index (χ4v) is 1.38. The van der Waals surface area contributed by atoms with Crippen molar-refractivity contribution in [3.05, 3.63) is 11.4 Å². The molecule has 8 nitrogen and oxygen atoms in total. The first-order valence-electron chi connectivity index (χ1n) is 5.47. The molecule has 100 valence electrons. The SMILES string of the molecule is CC(C)c1[nH]nc(C(=O)NCCOC(N)=O)c1N. The summed E-state index contributed by atoms with van der Waals surface area (Å²) in [6.45, 7) is 4.02. The van der Waals surface area contributed by atoms with Crippen LogP contribution in [0.5, 0.6) is 0 Å². The number of anilines is 1. The molecule has 6 N–H and O–H groups in total. The fraction of sp³-hybridized carbons (Fsp3) is 0.500. The first-order chi connectivity index (χ1) is 8.43. The molecule has 1 aromatic heterocycles. The first-order valence-corrected chi connectivity index (χ1v) is 5.47. The smallest absolute Gasteiger partial charge is 0.404 e. The largest absolute Gasteiger partial charge is 0.448 e. The van der Waals surface area contributed by atoms with E-state index >= 15 is 0 Å². The number of nitrogens with zero attached hydrogens (tertiary/aromatic N) is 1. The number of nitrogen functional groups attached to an aromatic ring is 1. The summed E-state index contributed by atoms with van der Waals surface area (Å²) >= 11 is 0. The second-order valence-corrected chi connectivity index (χ2v) is 3.98. The summed E-state index contributed by atoms with van der Waals surface area (Å²) < 4.78 is 4.47. The molecule has 0 aliphatic heterocycles. The van der Waals surface area contributed by atoms with Crippen LogP contribution in [0.25, 0.3) is 0 Å². The molecule has 1 aromatic rings. The maximum absolute atomic E-state index is 11.7. The van der Waals surface area contributed by atoms with Gasteiger partial charge in [0.15, 0.2) is 5.69 Å². The maximum Gasteiger partial charge on any atom is 0.404 e. The average Bonchev–Trinajstić information content (AvgIpc) is 2.66. The van der Waals surface area contributed by atoms with Gasteiger partial charge in [-0.05, 0) is 5.92 Å². The van der Waals surface area contributed by atoms with Crippen LogP contribution in [0.2, 0.25) is 0 Å². The molecule has 0 saturated heterocycles. The lowest BCUT2D eigenvalue weighted by molar-refractivity contribution is 0.0932. The van der Waals surface area contributed by atoms with Gasteiger partial charge in [0, 0.05) is 0 Å². The van der Waals surface area contributed by atoms with Crippen LogP contribution in [0.1, 0.15) is 35.9 Å². The number of nitrogens with two attached hydrogens (primary N) is 2. The molecule has 0 atom stereocenters. The van der Waals surface area contributed by atoms with E-state index in [4.69, 9.17) is 11.5 Å². The summed E-state index contributed by atoms with van der Waals surface area (Å²) in [5, 5.41) is 9.09. The van der Waals surface area contributed by atoms with Gasteiger partial charge in [-0.25, -0.2) is 4.79 Å². The lowest BCUT2D eigenvalue weighted by Crippen LogP contribution is -2.29. The molecular weight excluding hydrogens is 238 g/mol. The van der Waals surface area contributed by atoms with Gasteiger partial charge in [0.05, 0.1) is 17.9 Å². The Hall–Kier alpha value is -2.25. The van der Waals surface area contributed by atoms with Gasteiger partial charge in [0.2, 0.25) is 0 Å². The van der Waals surface area contributed by atoms with Crippen LogP contribution in [-0.2, 0) is 4.74 Å². The zero-order valence-corrected chi connectivity index (χ0v) is 10.3. The minimum atomic E-state index is -0.884. The third-order valence-corrected chi connectivity index (χ3v) is 2.26. The highest BCUT2D eigenvalue weighted by molar-refractivity contribution is 5.97. The number of amides is 2. The Morgan fingerprint density at radius 2 is 2.17 bits per heavy atom. The van der Waals surface area contributed by atoms with E-state index in [1.807, 2.05) is 13.8 Å². The van der Waals surface area contributed by atoms with Crippen LogP contribution in [0.3, 0.4) is 0 Å². The number of primary amides is 1. The van der Waals surface area contributed by atoms with Gasteiger partial charge in [-0.1, -0.05) is 13.8 Å². The molecule has 0 spiro atoms. The molecule has 0 aromatic carbocycles. The van der Waals surface area contributed by atoms with E-state index in [1.165, 1.54) is 0 Å². The number of aromatic nitrogens is 2. The van der Waals surface area contributed by atoms with Crippen LogP contribution in [0.4, 0.5) is 10.5 Å². The average molecular weight is 255 g/mol. The van der Waals surface area contributed by atoms with Crippen LogP contribution in [-0.4, -0.2) is 35.3 Å². The van der Waals surface area contributed by atoms with E-state index in [1.54, 1.807) is 0 Å². The van der Waals surface area contributed by atoms with Crippen molar-refractivity contribution in [2.24, 2.45) is 5.73 Å². The molecule has 1 rings (SSSR count). The first kappa shape index (κ1) is 13.8. The minimum Gasteiger partial charge on any atom is -0.448 e. The fourth-order valence-electron chi connectivity index (χ4n) is 1.38. The molecule has 0 aliphatic carbocycles. The molecule has 0 fully saturated rings. The normalized spacial score (nSPS) is 10.4. The van der Waals surface area contributed by atoms with Crippen molar-refractivity contribution in [1.82, 2.24) is 15.5 Å². The summed E-state index contributed by atoms with van der Waals surface area (Å²) in [5.41, 5.74) is 11.8. The second kappa shape index (κ2) is 5.89. The van der Waals surface area contributed by atoms with Crippen LogP contribution < -0.4 is 16.8 Å². The monoisotopic (exact) mass is 255 g/mol. The third-order valence-electron chi connectivity index (χ3n) is 2.26. The molecule has 0 radical (unpaired) electrons. The maximum atomic E-state index is 11.7. The Bertz CT molecular complexity index is 441. The zero-order chi connectivity index (χ0) is 13.7. The molecule has 1 heterocycles. The summed E-state index contributed by atoms with van der Waals surface area (Å²) in [6.07, 6.45) is -0.884. The van der Waals surface area contributed by atoms with E-state index in [0.717, 1.165) is 0 Å². The van der Waals surface area contributed by atoms with Gasteiger partial charge in [0.25, 0.3) is 5.91 Å². The molecule has 0 aliphatic rings. The Morgan fingerprint density at radius 1 is 1.50 bits per heavy atom. The molecule has 0 unspecified atom stereocenters. The summed E-state index contributed by atoms with van der Waals surface area (Å²) in [7, 11) is 0. The number of hydrogen-bond acceptors (Lipinski definition) is 5. The van der Waals surface area contributed by atoms with E-state index in [-0.39, 0.29) is 24.8 Å². The highest BCUT2D eigenvalue weighted by Crippen LogP contribution is 2.21. The number of hydrogen-bond donors (Lipinski definition) is 4. The lowest BCUT2D eigenvalue weighted by Gasteiger charge is -2.05. The second-order valence-electron chi connectivity index (χ2n) is 3.98. The third kappa shape index (κ3) is 3.37. The van der Waals surface area contributed by atoms with E-state index < -0.39 is 12.0 Å². The predicted molar refractivity (Wildman–Crippen MR) is 65.0 cm³/mol. The number of nitrogens with one attached hydrogen (secondary N) is 2. The van der Waals surface area contributed by atoms with Gasteiger partial charge in [0.1, 0.15) is 6.61 Å². The van der Waals surface area contributed by atoms with Gasteiger partial charge >= 0.3 is 6.09 Å². The van der Waals surface area contributed by atoms with Crippen LogP contribution in [0, 0.1) is 0 Å². The zero-order valence-electron chi connectivity index (χ0n) is 10.3. The minimum absolute atomic E-state index is 0.00242. The van der Waals surface area contributed by atoms with Crippen molar-refractivity contribution in [2.45, 2.75) is 19.8 Å². The Labute approximate surface area is 104 Å². The topological polar surface area (TPSA) is 136 Å². The molecule has 18 heavy (non-hydrogen) atoms. The van der Waals surface area contributed by atoms with Gasteiger partial charge in [-0.15, -0.1) is 0 Å². The molecular formula is C10H17N5O3. The highest BCUT2D eigenvalue weighted by atomic mass is 16.5. The van der Waals surface area contributed by atoms with Crippen molar-refractivity contribution in [1.29, 1.82) is 0 Å². The summed E-state index contributed by atoms with van der Waals surface area (Å²) in [6, 6.07) is 0. The van der Waals surface area contributed by atoms with Crippen molar-refractivity contribution in [2.75, 3.05) is 18.9 Å². The Kier molecular flexibility index (Phi) is 4.52. The van der Waals surface area contributed by atoms with E-state index in [9.17, 15) is 9.59 Å². The number of carbonyl (C=O) groups excluding carboxylic acids is 2. The van der Waals surface area contributed by atoms with Crippen LogP contribution >= 0.6 is 0 Å². The van der Waals surface area contributed by atoms with Gasteiger partial charge in [-0.2, -0.15) is 5.10 Å². The van der Waals surface area contributed by atoms with E-state index in [0.29, 0.717) is 11.4 Å². The molecule has 0 saturated carbocycles. The van der Waals surface area contributed by atoms with E-state index in [2.05, 4.69) is 20.3 Å². The molecule has 8 heteroatoms. The van der Waals surface area contributed by atoms with Gasteiger partial charge in [-0.3, -0.25) is 9.89 Å². The number of H-pyrrole nitrogens is 1.